The quantitative estimate of drug-likeness (QED) is 0.0202. The fraction of sp³-hybridized carbons (Fsp3) is 0.809. The van der Waals surface area contributed by atoms with Crippen LogP contribution in [-0.2, 0) is 33.2 Å². The lowest BCUT2D eigenvalue weighted by molar-refractivity contribution is -0.379. The van der Waals surface area contributed by atoms with Crippen molar-refractivity contribution < 1.29 is 89.4 Å². The lowest BCUT2D eigenvalue weighted by atomic mass is 9.96. The van der Waals surface area contributed by atoms with E-state index in [0.29, 0.717) is 6.42 Å². The van der Waals surface area contributed by atoms with Crippen LogP contribution in [0.1, 0.15) is 219 Å². The van der Waals surface area contributed by atoms with Crippen LogP contribution < -0.4 is 5.32 Å². The molecule has 87 heavy (non-hydrogen) atoms. The van der Waals surface area contributed by atoms with Gasteiger partial charge in [0.25, 0.3) is 0 Å². The van der Waals surface area contributed by atoms with Crippen molar-refractivity contribution in [3.05, 3.63) is 72.9 Å². The summed E-state index contributed by atoms with van der Waals surface area (Å²) in [6, 6.07) is -0.995. The highest BCUT2D eigenvalue weighted by atomic mass is 16.8. The van der Waals surface area contributed by atoms with Crippen molar-refractivity contribution >= 4 is 5.91 Å². The standard InChI is InChI=1S/C68H119NO18/c1-3-5-7-9-11-13-15-17-19-21-23-24-25-26-28-29-31-33-35-37-39-41-43-45-52(73)51(69-56(74)46-44-42-40-38-36-34-32-30-27-22-20-18-16-14-12-10-8-6-4-2)50-82-66-62(80)59(77)64(54(48-71)84-66)87-68-63(81)60(78)65(55(49-72)85-68)86-67-61(79)58(76)57(75)53(47-70)83-67/h6,8,12,14,18,20,27,30,34,36,43,45,51-55,57-68,70-73,75-81H,3-5,7,9-11,13,15-17,19,21-26,28-29,31-33,35,37-42,44,46-50H2,1-2H3,(H,69,74)/b8-6-,14-12-,20-18-,30-27-,36-34-,45-43+. The molecule has 0 spiro atoms. The number of carbonyl (C=O) groups excluding carboxylic acids is 1. The molecule has 3 saturated heterocycles. The van der Waals surface area contributed by atoms with E-state index in [9.17, 15) is 61.0 Å². The smallest absolute Gasteiger partial charge is 0.220 e. The Kier molecular flexibility index (Phi) is 45.0. The van der Waals surface area contributed by atoms with Crippen molar-refractivity contribution in [1.82, 2.24) is 5.32 Å². The maximum atomic E-state index is 13.4. The molecule has 504 valence electrons. The molecule has 0 aliphatic carbocycles. The predicted octanol–water partition coefficient (Wildman–Crippen LogP) is 8.16. The normalized spacial score (nSPS) is 29.0. The summed E-state index contributed by atoms with van der Waals surface area (Å²) in [4.78, 5) is 13.4. The van der Waals surface area contributed by atoms with Gasteiger partial charge in [-0.3, -0.25) is 4.79 Å². The molecule has 0 aromatic heterocycles. The molecule has 3 aliphatic heterocycles. The summed E-state index contributed by atoms with van der Waals surface area (Å²) in [5.41, 5.74) is 0. The van der Waals surface area contributed by atoms with E-state index in [1.165, 1.54) is 116 Å². The van der Waals surface area contributed by atoms with Crippen molar-refractivity contribution in [1.29, 1.82) is 0 Å². The van der Waals surface area contributed by atoms with E-state index in [1.54, 1.807) is 6.08 Å². The Hall–Kier alpha value is -2.77. The van der Waals surface area contributed by atoms with E-state index in [2.05, 4.69) is 79.9 Å². The number of hydrogen-bond acceptors (Lipinski definition) is 18. The number of allylic oxidation sites excluding steroid dienone is 11. The van der Waals surface area contributed by atoms with Gasteiger partial charge >= 0.3 is 0 Å². The number of hydrogen-bond donors (Lipinski definition) is 12. The molecule has 0 radical (unpaired) electrons. The highest BCUT2D eigenvalue weighted by Crippen LogP contribution is 2.33. The van der Waals surface area contributed by atoms with Gasteiger partial charge in [-0.15, -0.1) is 0 Å². The van der Waals surface area contributed by atoms with Crippen molar-refractivity contribution in [2.75, 3.05) is 26.4 Å². The van der Waals surface area contributed by atoms with E-state index in [1.807, 2.05) is 6.08 Å². The van der Waals surface area contributed by atoms with Gasteiger partial charge in [0, 0.05) is 6.42 Å². The van der Waals surface area contributed by atoms with Crippen LogP contribution in [-0.4, -0.2) is 193 Å². The summed E-state index contributed by atoms with van der Waals surface area (Å²) in [5, 5.41) is 120. The molecule has 19 heteroatoms. The molecule has 0 aromatic rings. The second kappa shape index (κ2) is 49.9. The van der Waals surface area contributed by atoms with Gasteiger partial charge < -0.3 is 89.9 Å². The summed E-state index contributed by atoms with van der Waals surface area (Å²) < 4.78 is 34.3. The number of rotatable bonds is 50. The molecule has 17 unspecified atom stereocenters. The number of aliphatic hydroxyl groups excluding tert-OH is 11. The van der Waals surface area contributed by atoms with E-state index in [0.717, 1.165) is 77.0 Å². The average Bonchev–Trinajstić information content (AvgIpc) is 2.87. The summed E-state index contributed by atoms with van der Waals surface area (Å²) in [6.45, 7) is 1.59. The molecule has 3 heterocycles. The second-order valence-electron chi connectivity index (χ2n) is 23.9. The van der Waals surface area contributed by atoms with Gasteiger partial charge in [-0.2, -0.15) is 0 Å². The highest BCUT2D eigenvalue weighted by Gasteiger charge is 2.53. The molecule has 3 aliphatic rings. The van der Waals surface area contributed by atoms with Crippen LogP contribution >= 0.6 is 0 Å². The maximum absolute atomic E-state index is 13.4. The minimum atomic E-state index is -1.98. The largest absolute Gasteiger partial charge is 0.394 e. The minimum Gasteiger partial charge on any atom is -0.394 e. The second-order valence-corrected chi connectivity index (χ2v) is 23.9. The van der Waals surface area contributed by atoms with Gasteiger partial charge in [0.1, 0.15) is 73.2 Å². The van der Waals surface area contributed by atoms with Crippen molar-refractivity contribution in [2.24, 2.45) is 0 Å². The first kappa shape index (κ1) is 78.5. The number of carbonyl (C=O) groups is 1. The van der Waals surface area contributed by atoms with Crippen LogP contribution in [0.4, 0.5) is 0 Å². The average molecular weight is 1240 g/mol. The summed E-state index contributed by atoms with van der Waals surface area (Å²) in [5.74, 6) is -0.308. The van der Waals surface area contributed by atoms with Gasteiger partial charge in [-0.05, 0) is 64.2 Å². The molecule has 3 rings (SSSR count). The van der Waals surface area contributed by atoms with Crippen LogP contribution in [0.3, 0.4) is 0 Å². The number of amides is 1. The van der Waals surface area contributed by atoms with Crippen LogP contribution in [0.25, 0.3) is 0 Å². The molecule has 0 aromatic carbocycles. The first-order valence-corrected chi connectivity index (χ1v) is 33.7. The molecular formula is C68H119NO18. The van der Waals surface area contributed by atoms with Crippen molar-refractivity contribution in [3.63, 3.8) is 0 Å². The molecular weight excluding hydrogens is 1120 g/mol. The Morgan fingerprint density at radius 2 is 0.793 bits per heavy atom. The van der Waals surface area contributed by atoms with Crippen LogP contribution in [0.15, 0.2) is 72.9 Å². The van der Waals surface area contributed by atoms with Crippen LogP contribution in [0.2, 0.25) is 0 Å². The number of nitrogens with one attached hydrogen (secondary N) is 1. The van der Waals surface area contributed by atoms with Gasteiger partial charge in [0.15, 0.2) is 18.9 Å². The van der Waals surface area contributed by atoms with Crippen molar-refractivity contribution in [2.45, 2.75) is 324 Å². The predicted molar refractivity (Wildman–Crippen MR) is 337 cm³/mol. The van der Waals surface area contributed by atoms with Gasteiger partial charge in [0.05, 0.1) is 38.6 Å². The summed E-state index contributed by atoms with van der Waals surface area (Å²) in [6.07, 6.45) is 34.4. The summed E-state index contributed by atoms with van der Waals surface area (Å²) in [7, 11) is 0. The molecule has 0 saturated carbocycles. The fourth-order valence-corrected chi connectivity index (χ4v) is 11.0. The van der Waals surface area contributed by atoms with E-state index >= 15 is 0 Å². The molecule has 12 N–H and O–H groups in total. The number of aliphatic hydroxyl groups is 11. The first-order valence-electron chi connectivity index (χ1n) is 33.7. The van der Waals surface area contributed by atoms with E-state index < -0.39 is 124 Å². The third kappa shape index (κ3) is 32.4. The lowest BCUT2D eigenvalue weighted by Crippen LogP contribution is -2.66. The molecule has 19 nitrogen and oxygen atoms in total. The zero-order chi connectivity index (χ0) is 63.3. The van der Waals surface area contributed by atoms with Crippen LogP contribution in [0.5, 0.6) is 0 Å². The summed E-state index contributed by atoms with van der Waals surface area (Å²) >= 11 is 0. The molecule has 0 bridgehead atoms. The van der Waals surface area contributed by atoms with E-state index in [4.69, 9.17) is 28.4 Å². The van der Waals surface area contributed by atoms with Gasteiger partial charge in [-0.25, -0.2) is 0 Å². The Bertz CT molecular complexity index is 1860. The third-order valence-electron chi connectivity index (χ3n) is 16.5. The van der Waals surface area contributed by atoms with Crippen LogP contribution in [0, 0.1) is 0 Å². The highest BCUT2D eigenvalue weighted by molar-refractivity contribution is 5.76. The fourth-order valence-electron chi connectivity index (χ4n) is 11.0. The van der Waals surface area contributed by atoms with Crippen molar-refractivity contribution in [3.8, 4) is 0 Å². The van der Waals surface area contributed by atoms with E-state index in [-0.39, 0.29) is 18.9 Å². The number of unbranched alkanes of at least 4 members (excludes halogenated alkanes) is 24. The minimum absolute atomic E-state index is 0.201. The van der Waals surface area contributed by atoms with Gasteiger partial charge in [-0.1, -0.05) is 222 Å². The molecule has 17 atom stereocenters. The molecule has 1 amide bonds. The third-order valence-corrected chi connectivity index (χ3v) is 16.5. The first-order chi connectivity index (χ1) is 42.3. The Balaban J connectivity index is 1.47. The topological polar surface area (TPSA) is 307 Å². The SMILES string of the molecule is CC/C=C\C/C=C\C/C=C\C/C=C\C/C=C\CCCCCC(=O)NC(COC1OC(CO)C(OC2OC(CO)C(OC3OC(CO)C(O)C(O)C3O)C(O)C2O)C(O)C1O)C(O)/C=C/CCCCCCCCCCCCCCCCCCCCCCC. The zero-order valence-corrected chi connectivity index (χ0v) is 53.0. The maximum Gasteiger partial charge on any atom is 0.220 e. The Morgan fingerprint density at radius 3 is 1.24 bits per heavy atom. The monoisotopic (exact) mass is 1240 g/mol. The zero-order valence-electron chi connectivity index (χ0n) is 53.0. The number of ether oxygens (including phenoxy) is 6. The molecule has 3 fully saturated rings. The lowest BCUT2D eigenvalue weighted by Gasteiger charge is -2.48. The Morgan fingerprint density at radius 1 is 0.425 bits per heavy atom. The van der Waals surface area contributed by atoms with Gasteiger partial charge in [0.2, 0.25) is 5.91 Å². The Labute approximate surface area is 521 Å².